The lowest BCUT2D eigenvalue weighted by atomic mass is 9.89. The van der Waals surface area contributed by atoms with Gasteiger partial charge in [-0.3, -0.25) is 0 Å². The second kappa shape index (κ2) is 4.77. The van der Waals surface area contributed by atoms with Crippen LogP contribution >= 0.6 is 0 Å². The van der Waals surface area contributed by atoms with E-state index in [1.54, 1.807) is 0 Å². The average molecular weight is 209 g/mol. The van der Waals surface area contributed by atoms with E-state index in [9.17, 15) is 4.79 Å². The molecule has 0 amide bonds. The van der Waals surface area contributed by atoms with Gasteiger partial charge in [0.05, 0.1) is 11.6 Å². The number of hydrogen-bond acceptors (Lipinski definition) is 3. The molecule has 0 N–H and O–H groups in total. The largest absolute Gasteiger partial charge is 0.338 e. The number of carbonyl (C=O) groups excluding carboxylic acids is 1. The van der Waals surface area contributed by atoms with Crippen molar-refractivity contribution in [1.82, 2.24) is 0 Å². The van der Waals surface area contributed by atoms with E-state index in [-0.39, 0.29) is 11.9 Å². The lowest BCUT2D eigenvalue weighted by Crippen LogP contribution is -2.19. The van der Waals surface area contributed by atoms with Gasteiger partial charge in [-0.1, -0.05) is 24.4 Å². The Hall–Kier alpha value is -0.860. The lowest BCUT2D eigenvalue weighted by molar-refractivity contribution is -0.149. The van der Waals surface area contributed by atoms with E-state index in [0.29, 0.717) is 5.92 Å². The zero-order chi connectivity index (χ0) is 10.7. The zero-order valence-corrected chi connectivity index (χ0v) is 9.37. The summed E-state index contributed by atoms with van der Waals surface area (Å²) in [6, 6.07) is 0. The molecule has 0 spiro atoms. The lowest BCUT2D eigenvalue weighted by Gasteiger charge is -2.18. The van der Waals surface area contributed by atoms with Crippen LogP contribution in [0.2, 0.25) is 0 Å². The highest BCUT2D eigenvalue weighted by Gasteiger charge is 2.26. The summed E-state index contributed by atoms with van der Waals surface area (Å²) in [5.74, 6) is 0.577. The molecule has 0 aromatic heterocycles. The van der Waals surface area contributed by atoms with Gasteiger partial charge in [0.1, 0.15) is 0 Å². The van der Waals surface area contributed by atoms with Gasteiger partial charge in [0.15, 0.2) is 0 Å². The SMILES string of the molecule is CC(=NOC(=O)C1CCCCC1)C1CC1. The van der Waals surface area contributed by atoms with E-state index in [0.717, 1.165) is 31.4 Å². The summed E-state index contributed by atoms with van der Waals surface area (Å²) in [4.78, 5) is 16.6. The van der Waals surface area contributed by atoms with Crippen LogP contribution in [0.5, 0.6) is 0 Å². The van der Waals surface area contributed by atoms with E-state index < -0.39 is 0 Å². The first kappa shape index (κ1) is 10.7. The maximum atomic E-state index is 11.6. The first-order valence-electron chi connectivity index (χ1n) is 6.02. The molecule has 3 nitrogen and oxygen atoms in total. The number of rotatable bonds is 3. The molecule has 0 saturated heterocycles. The van der Waals surface area contributed by atoms with Gasteiger partial charge in [-0.05, 0) is 32.6 Å². The third-order valence-corrected chi connectivity index (χ3v) is 3.39. The van der Waals surface area contributed by atoms with Crippen molar-refractivity contribution in [2.45, 2.75) is 51.9 Å². The van der Waals surface area contributed by atoms with Crippen molar-refractivity contribution in [3.63, 3.8) is 0 Å². The van der Waals surface area contributed by atoms with Crippen LogP contribution in [0.15, 0.2) is 5.16 Å². The summed E-state index contributed by atoms with van der Waals surface area (Å²) in [7, 11) is 0. The molecular formula is C12H19NO2. The van der Waals surface area contributed by atoms with Crippen molar-refractivity contribution in [2.75, 3.05) is 0 Å². The van der Waals surface area contributed by atoms with Crippen LogP contribution in [0, 0.1) is 11.8 Å². The van der Waals surface area contributed by atoms with Crippen molar-refractivity contribution in [1.29, 1.82) is 0 Å². The van der Waals surface area contributed by atoms with E-state index in [2.05, 4.69) is 5.16 Å². The van der Waals surface area contributed by atoms with Crippen LogP contribution in [0.1, 0.15) is 51.9 Å². The number of nitrogens with zero attached hydrogens (tertiary/aromatic N) is 1. The molecule has 0 aromatic carbocycles. The highest BCUT2D eigenvalue weighted by atomic mass is 16.7. The Kier molecular flexibility index (Phi) is 3.39. The minimum Gasteiger partial charge on any atom is -0.318 e. The Morgan fingerprint density at radius 2 is 1.73 bits per heavy atom. The fourth-order valence-corrected chi connectivity index (χ4v) is 2.11. The van der Waals surface area contributed by atoms with E-state index in [1.165, 1.54) is 19.3 Å². The standard InChI is InChI=1S/C12H19NO2/c1-9(10-7-8-10)13-15-12(14)11-5-3-2-4-6-11/h10-11H,2-8H2,1H3. The van der Waals surface area contributed by atoms with Crippen LogP contribution in [-0.2, 0) is 9.63 Å². The minimum atomic E-state index is -0.116. The quantitative estimate of drug-likeness (QED) is 0.407. The first-order valence-corrected chi connectivity index (χ1v) is 6.02. The molecule has 0 bridgehead atoms. The average Bonchev–Trinajstić information content (AvgIpc) is 3.10. The molecule has 0 aromatic rings. The molecule has 2 saturated carbocycles. The molecule has 15 heavy (non-hydrogen) atoms. The second-order valence-corrected chi connectivity index (χ2v) is 4.75. The summed E-state index contributed by atoms with van der Waals surface area (Å²) in [6.45, 7) is 1.95. The molecule has 84 valence electrons. The van der Waals surface area contributed by atoms with Gasteiger partial charge in [0, 0.05) is 5.92 Å². The van der Waals surface area contributed by atoms with E-state index in [1.807, 2.05) is 6.92 Å². The Bertz CT molecular complexity index is 263. The molecule has 2 fully saturated rings. The second-order valence-electron chi connectivity index (χ2n) is 4.75. The highest BCUT2D eigenvalue weighted by molar-refractivity contribution is 5.86. The van der Waals surface area contributed by atoms with Crippen LogP contribution in [0.25, 0.3) is 0 Å². The van der Waals surface area contributed by atoms with E-state index in [4.69, 9.17) is 4.84 Å². The van der Waals surface area contributed by atoms with E-state index >= 15 is 0 Å². The van der Waals surface area contributed by atoms with Crippen molar-refractivity contribution < 1.29 is 9.63 Å². The Morgan fingerprint density at radius 3 is 2.33 bits per heavy atom. The topological polar surface area (TPSA) is 38.7 Å². The molecule has 0 aliphatic heterocycles. The third kappa shape index (κ3) is 3.05. The molecule has 0 unspecified atom stereocenters. The molecule has 0 radical (unpaired) electrons. The number of carbonyl (C=O) groups is 1. The number of oxime groups is 1. The smallest absolute Gasteiger partial charge is 0.318 e. The molecule has 0 heterocycles. The molecule has 0 atom stereocenters. The van der Waals surface area contributed by atoms with Gasteiger partial charge in [-0.15, -0.1) is 0 Å². The fraction of sp³-hybridized carbons (Fsp3) is 0.833. The van der Waals surface area contributed by atoms with Crippen molar-refractivity contribution in [3.8, 4) is 0 Å². The molecule has 2 aliphatic carbocycles. The predicted octanol–water partition coefficient (Wildman–Crippen LogP) is 2.90. The monoisotopic (exact) mass is 209 g/mol. The van der Waals surface area contributed by atoms with Crippen LogP contribution < -0.4 is 0 Å². The molecule has 2 aliphatic rings. The summed E-state index contributed by atoms with van der Waals surface area (Å²) >= 11 is 0. The van der Waals surface area contributed by atoms with Gasteiger partial charge in [0.2, 0.25) is 0 Å². The van der Waals surface area contributed by atoms with Crippen molar-refractivity contribution in [2.24, 2.45) is 17.0 Å². The van der Waals surface area contributed by atoms with Gasteiger partial charge >= 0.3 is 5.97 Å². The maximum absolute atomic E-state index is 11.6. The van der Waals surface area contributed by atoms with Crippen LogP contribution in [0.4, 0.5) is 0 Å². The van der Waals surface area contributed by atoms with Gasteiger partial charge in [-0.2, -0.15) is 0 Å². The number of hydrogen-bond donors (Lipinski definition) is 0. The van der Waals surface area contributed by atoms with Gasteiger partial charge in [0.25, 0.3) is 0 Å². The molecular weight excluding hydrogens is 190 g/mol. The van der Waals surface area contributed by atoms with Gasteiger partial charge in [-0.25, -0.2) is 4.79 Å². The maximum Gasteiger partial charge on any atom is 0.338 e. The van der Waals surface area contributed by atoms with Crippen LogP contribution in [-0.4, -0.2) is 11.7 Å². The highest BCUT2D eigenvalue weighted by Crippen LogP contribution is 2.30. The first-order chi connectivity index (χ1) is 7.27. The molecule has 2 rings (SSSR count). The summed E-state index contributed by atoms with van der Waals surface area (Å²) in [6.07, 6.45) is 7.95. The summed E-state index contributed by atoms with van der Waals surface area (Å²) in [5, 5.41) is 3.93. The summed E-state index contributed by atoms with van der Waals surface area (Å²) in [5.41, 5.74) is 0.985. The summed E-state index contributed by atoms with van der Waals surface area (Å²) < 4.78 is 0. The fourth-order valence-electron chi connectivity index (χ4n) is 2.11. The minimum absolute atomic E-state index is 0.106. The Labute approximate surface area is 90.9 Å². The van der Waals surface area contributed by atoms with Crippen LogP contribution in [0.3, 0.4) is 0 Å². The van der Waals surface area contributed by atoms with Gasteiger partial charge < -0.3 is 4.84 Å². The van der Waals surface area contributed by atoms with Crippen molar-refractivity contribution in [3.05, 3.63) is 0 Å². The normalized spacial score (nSPS) is 23.9. The third-order valence-electron chi connectivity index (χ3n) is 3.39. The Morgan fingerprint density at radius 1 is 1.07 bits per heavy atom. The zero-order valence-electron chi connectivity index (χ0n) is 9.37. The molecule has 3 heteroatoms. The predicted molar refractivity (Wildman–Crippen MR) is 58.5 cm³/mol. The van der Waals surface area contributed by atoms with Crippen molar-refractivity contribution >= 4 is 11.7 Å². The Balaban J connectivity index is 1.77.